The van der Waals surface area contributed by atoms with Gasteiger partial charge in [0.2, 0.25) is 11.8 Å². The fourth-order valence-corrected chi connectivity index (χ4v) is 3.97. The molecule has 2 aromatic carbocycles. The first-order chi connectivity index (χ1) is 14.7. The number of aryl methyl sites for hydroxylation is 2. The van der Waals surface area contributed by atoms with Crippen LogP contribution in [0.25, 0.3) is 0 Å². The van der Waals surface area contributed by atoms with Crippen LogP contribution in [0.1, 0.15) is 17.0 Å². The molecule has 1 aromatic heterocycles. The first kappa shape index (κ1) is 23.3. The van der Waals surface area contributed by atoms with E-state index in [0.717, 1.165) is 21.3 Å². The molecule has 0 aliphatic heterocycles. The molecule has 0 saturated heterocycles. The minimum Gasteiger partial charge on any atom is -0.325 e. The topological polar surface area (TPSA) is 88.9 Å². The maximum Gasteiger partial charge on any atom is 0.234 e. The molecule has 162 valence electrons. The molecule has 0 aliphatic rings. The quantitative estimate of drug-likeness (QED) is 0.437. The van der Waals surface area contributed by atoms with Crippen molar-refractivity contribution in [2.45, 2.75) is 25.4 Å². The number of carbonyl (C=O) groups is 2. The summed E-state index contributed by atoms with van der Waals surface area (Å²) in [6, 6.07) is 11.0. The Kier molecular flexibility index (Phi) is 7.74. The molecule has 0 fully saturated rings. The number of amides is 2. The van der Waals surface area contributed by atoms with Gasteiger partial charge in [0.25, 0.3) is 0 Å². The molecule has 0 aliphatic carbocycles. The van der Waals surface area contributed by atoms with Crippen LogP contribution in [0, 0.1) is 13.8 Å². The number of hydrogen-bond donors (Lipinski definition) is 2. The van der Waals surface area contributed by atoms with Crippen molar-refractivity contribution in [3.05, 3.63) is 62.8 Å². The SMILES string of the molecule is Cc1ccc(NC(=O)Cc2nnc(SCC(=O)Nc3ccc(Br)c(Cl)c3)n2C)c(C)c1. The molecule has 3 rings (SSSR count). The van der Waals surface area contributed by atoms with Gasteiger partial charge in [0.15, 0.2) is 5.16 Å². The van der Waals surface area contributed by atoms with Crippen LogP contribution < -0.4 is 10.6 Å². The van der Waals surface area contributed by atoms with Crippen molar-refractivity contribution in [2.75, 3.05) is 16.4 Å². The Morgan fingerprint density at radius 3 is 2.58 bits per heavy atom. The zero-order chi connectivity index (χ0) is 22.5. The summed E-state index contributed by atoms with van der Waals surface area (Å²) in [5, 5.41) is 15.0. The number of halogens is 2. The normalized spacial score (nSPS) is 10.7. The van der Waals surface area contributed by atoms with Gasteiger partial charge in [-0.1, -0.05) is 41.1 Å². The summed E-state index contributed by atoms with van der Waals surface area (Å²) >= 11 is 10.6. The summed E-state index contributed by atoms with van der Waals surface area (Å²) in [5.41, 5.74) is 3.52. The van der Waals surface area contributed by atoms with Gasteiger partial charge in [-0.05, 0) is 59.6 Å². The third kappa shape index (κ3) is 6.32. The highest BCUT2D eigenvalue weighted by Gasteiger charge is 2.15. The lowest BCUT2D eigenvalue weighted by Crippen LogP contribution is -2.18. The van der Waals surface area contributed by atoms with E-state index in [4.69, 9.17) is 11.6 Å². The largest absolute Gasteiger partial charge is 0.325 e. The minimum atomic E-state index is -0.194. The lowest BCUT2D eigenvalue weighted by atomic mass is 10.1. The standard InChI is InChI=1S/C21H21BrClN5O2S/c1-12-4-7-17(13(2)8-12)25-19(29)10-18-26-27-21(28(18)3)31-11-20(30)24-14-5-6-15(22)16(23)9-14/h4-9H,10-11H2,1-3H3,(H,24,30)(H,25,29). The van der Waals surface area contributed by atoms with E-state index in [9.17, 15) is 9.59 Å². The zero-order valence-electron chi connectivity index (χ0n) is 17.2. The smallest absolute Gasteiger partial charge is 0.234 e. The molecule has 0 radical (unpaired) electrons. The number of nitrogens with zero attached hydrogens (tertiary/aromatic N) is 3. The molecule has 2 amide bonds. The molecule has 10 heteroatoms. The Bertz CT molecular complexity index is 1130. The van der Waals surface area contributed by atoms with Crippen molar-refractivity contribution in [2.24, 2.45) is 7.05 Å². The number of hydrogen-bond acceptors (Lipinski definition) is 5. The molecule has 1 heterocycles. The summed E-state index contributed by atoms with van der Waals surface area (Å²) in [6.07, 6.45) is 0.0843. The third-order valence-corrected chi connectivity index (χ3v) is 6.69. The zero-order valence-corrected chi connectivity index (χ0v) is 20.4. The van der Waals surface area contributed by atoms with Crippen LogP contribution in [0.5, 0.6) is 0 Å². The number of anilines is 2. The molecule has 0 unspecified atom stereocenters. The molecule has 0 atom stereocenters. The van der Waals surface area contributed by atoms with E-state index in [1.807, 2.05) is 32.0 Å². The van der Waals surface area contributed by atoms with E-state index in [0.29, 0.717) is 21.7 Å². The number of aromatic nitrogens is 3. The molecule has 2 N–H and O–H groups in total. The van der Waals surface area contributed by atoms with Gasteiger partial charge in [-0.15, -0.1) is 10.2 Å². The fourth-order valence-electron chi connectivity index (χ4n) is 2.82. The van der Waals surface area contributed by atoms with Crippen LogP contribution >= 0.6 is 39.3 Å². The minimum absolute atomic E-state index is 0.0843. The van der Waals surface area contributed by atoms with Crippen LogP contribution in [0.4, 0.5) is 11.4 Å². The summed E-state index contributed by atoms with van der Waals surface area (Å²) in [6.45, 7) is 3.96. The van der Waals surface area contributed by atoms with E-state index < -0.39 is 0 Å². The van der Waals surface area contributed by atoms with Crippen LogP contribution in [0.15, 0.2) is 46.0 Å². The monoisotopic (exact) mass is 521 g/mol. The fraction of sp³-hybridized carbons (Fsp3) is 0.238. The van der Waals surface area contributed by atoms with Gasteiger partial charge in [0, 0.05) is 22.9 Å². The number of benzene rings is 2. The number of thioether (sulfide) groups is 1. The van der Waals surface area contributed by atoms with Gasteiger partial charge in [-0.3, -0.25) is 9.59 Å². The lowest BCUT2D eigenvalue weighted by molar-refractivity contribution is -0.116. The van der Waals surface area contributed by atoms with Gasteiger partial charge in [-0.2, -0.15) is 0 Å². The second kappa shape index (κ2) is 10.3. The van der Waals surface area contributed by atoms with Crippen molar-refractivity contribution in [3.8, 4) is 0 Å². The lowest BCUT2D eigenvalue weighted by Gasteiger charge is -2.09. The maximum absolute atomic E-state index is 12.4. The predicted octanol–water partition coefficient (Wildman–Crippen LogP) is 4.76. The van der Waals surface area contributed by atoms with E-state index >= 15 is 0 Å². The van der Waals surface area contributed by atoms with Crippen molar-refractivity contribution in [1.82, 2.24) is 14.8 Å². The molecule has 0 saturated carbocycles. The third-order valence-electron chi connectivity index (χ3n) is 4.44. The van der Waals surface area contributed by atoms with E-state index in [1.54, 1.807) is 29.8 Å². The summed E-state index contributed by atoms with van der Waals surface area (Å²) in [4.78, 5) is 24.7. The number of nitrogens with one attached hydrogen (secondary N) is 2. The highest BCUT2D eigenvalue weighted by Crippen LogP contribution is 2.26. The Labute approximate surface area is 198 Å². The van der Waals surface area contributed by atoms with Crippen LogP contribution in [-0.4, -0.2) is 32.3 Å². The average molecular weight is 523 g/mol. The second-order valence-corrected chi connectivity index (χ2v) is 9.17. The molecular weight excluding hydrogens is 502 g/mol. The highest BCUT2D eigenvalue weighted by atomic mass is 79.9. The van der Waals surface area contributed by atoms with Crippen LogP contribution in [-0.2, 0) is 23.1 Å². The van der Waals surface area contributed by atoms with Gasteiger partial charge in [0.1, 0.15) is 5.82 Å². The van der Waals surface area contributed by atoms with Crippen molar-refractivity contribution in [3.63, 3.8) is 0 Å². The molecule has 0 bridgehead atoms. The molecule has 7 nitrogen and oxygen atoms in total. The average Bonchev–Trinajstić information content (AvgIpc) is 3.05. The molecule has 31 heavy (non-hydrogen) atoms. The Hall–Kier alpha value is -2.36. The Morgan fingerprint density at radius 1 is 1.10 bits per heavy atom. The summed E-state index contributed by atoms with van der Waals surface area (Å²) < 4.78 is 2.48. The van der Waals surface area contributed by atoms with Crippen molar-refractivity contribution < 1.29 is 9.59 Å². The number of rotatable bonds is 7. The van der Waals surface area contributed by atoms with Gasteiger partial charge >= 0.3 is 0 Å². The Morgan fingerprint density at radius 2 is 1.87 bits per heavy atom. The van der Waals surface area contributed by atoms with Crippen LogP contribution in [0.3, 0.4) is 0 Å². The van der Waals surface area contributed by atoms with Crippen molar-refractivity contribution in [1.29, 1.82) is 0 Å². The van der Waals surface area contributed by atoms with E-state index in [2.05, 4.69) is 36.8 Å². The molecule has 0 spiro atoms. The Balaban J connectivity index is 1.55. The second-order valence-electron chi connectivity index (χ2n) is 6.97. The summed E-state index contributed by atoms with van der Waals surface area (Å²) in [7, 11) is 1.77. The maximum atomic E-state index is 12.4. The van der Waals surface area contributed by atoms with Gasteiger partial charge in [0.05, 0.1) is 17.2 Å². The van der Waals surface area contributed by atoms with Gasteiger partial charge < -0.3 is 15.2 Å². The van der Waals surface area contributed by atoms with E-state index in [1.165, 1.54) is 11.8 Å². The molecular formula is C21H21BrClN5O2S. The first-order valence-electron chi connectivity index (χ1n) is 9.36. The van der Waals surface area contributed by atoms with Gasteiger partial charge in [-0.25, -0.2) is 0 Å². The first-order valence-corrected chi connectivity index (χ1v) is 11.5. The van der Waals surface area contributed by atoms with Crippen LogP contribution in [0.2, 0.25) is 5.02 Å². The summed E-state index contributed by atoms with van der Waals surface area (Å²) in [5.74, 6) is 0.295. The van der Waals surface area contributed by atoms with E-state index in [-0.39, 0.29) is 24.0 Å². The molecule has 3 aromatic rings. The predicted molar refractivity (Wildman–Crippen MR) is 128 cm³/mol. The van der Waals surface area contributed by atoms with Crippen molar-refractivity contribution >= 4 is 62.5 Å². The highest BCUT2D eigenvalue weighted by molar-refractivity contribution is 9.10. The number of carbonyl (C=O) groups excluding carboxylic acids is 2.